The van der Waals surface area contributed by atoms with E-state index in [2.05, 4.69) is 10.3 Å². The van der Waals surface area contributed by atoms with Crippen LogP contribution in [0.3, 0.4) is 0 Å². The van der Waals surface area contributed by atoms with Crippen LogP contribution in [-0.4, -0.2) is 36.7 Å². The van der Waals surface area contributed by atoms with Crippen molar-refractivity contribution in [2.24, 2.45) is 5.92 Å². The molecule has 0 saturated carbocycles. The van der Waals surface area contributed by atoms with Crippen LogP contribution in [-0.2, 0) is 27.7 Å². The smallest absolute Gasteiger partial charge is 0.252 e. The highest BCUT2D eigenvalue weighted by Gasteiger charge is 2.34. The molecular formula is C19H25N3O3S3. The van der Waals surface area contributed by atoms with E-state index >= 15 is 0 Å². The third-order valence-electron chi connectivity index (χ3n) is 5.39. The molecule has 152 valence electrons. The maximum atomic E-state index is 12.9. The Morgan fingerprint density at radius 3 is 2.79 bits per heavy atom. The third kappa shape index (κ3) is 4.17. The molecule has 2 aliphatic rings. The fraction of sp³-hybridized carbons (Fsp3) is 0.579. The van der Waals surface area contributed by atoms with Gasteiger partial charge in [-0.05, 0) is 57.6 Å². The average Bonchev–Trinajstić information content (AvgIpc) is 3.22. The number of hydrogen-bond acceptors (Lipinski definition) is 6. The van der Waals surface area contributed by atoms with Gasteiger partial charge in [-0.15, -0.1) is 22.7 Å². The Hall–Kier alpha value is -1.29. The molecule has 28 heavy (non-hydrogen) atoms. The van der Waals surface area contributed by atoms with Crippen LogP contribution in [0.15, 0.2) is 16.3 Å². The fourth-order valence-electron chi connectivity index (χ4n) is 3.84. The van der Waals surface area contributed by atoms with Crippen LogP contribution in [0.5, 0.6) is 0 Å². The van der Waals surface area contributed by atoms with Crippen LogP contribution in [0.4, 0.5) is 5.13 Å². The number of sulfonamides is 1. The first-order valence-corrected chi connectivity index (χ1v) is 12.9. The van der Waals surface area contributed by atoms with Gasteiger partial charge in [0, 0.05) is 22.8 Å². The lowest BCUT2D eigenvalue weighted by molar-refractivity contribution is -0.120. The Morgan fingerprint density at radius 2 is 2.00 bits per heavy atom. The molecule has 1 atom stereocenters. The zero-order chi connectivity index (χ0) is 19.7. The van der Waals surface area contributed by atoms with E-state index in [-0.39, 0.29) is 18.4 Å². The Labute approximate surface area is 174 Å². The highest BCUT2D eigenvalue weighted by atomic mass is 32.2. The van der Waals surface area contributed by atoms with Crippen LogP contribution in [0.2, 0.25) is 0 Å². The van der Waals surface area contributed by atoms with Crippen LogP contribution in [0.25, 0.3) is 0 Å². The minimum atomic E-state index is -3.53. The second-order valence-electron chi connectivity index (χ2n) is 7.51. The molecule has 1 N–H and O–H groups in total. The highest BCUT2D eigenvalue weighted by Crippen LogP contribution is 2.31. The lowest BCUT2D eigenvalue weighted by Crippen LogP contribution is -2.43. The van der Waals surface area contributed by atoms with E-state index in [4.69, 9.17) is 0 Å². The molecule has 0 unspecified atom stereocenters. The number of aryl methyl sites for hydroxylation is 3. The second kappa shape index (κ2) is 8.22. The summed E-state index contributed by atoms with van der Waals surface area (Å²) in [5, 5.41) is 3.61. The molecule has 1 fully saturated rings. The molecule has 0 bridgehead atoms. The van der Waals surface area contributed by atoms with Crippen molar-refractivity contribution >= 4 is 43.7 Å². The Kier molecular flexibility index (Phi) is 5.87. The van der Waals surface area contributed by atoms with Crippen molar-refractivity contribution in [3.63, 3.8) is 0 Å². The summed E-state index contributed by atoms with van der Waals surface area (Å²) in [5.74, 6) is -0.459. The van der Waals surface area contributed by atoms with E-state index in [1.807, 2.05) is 13.0 Å². The van der Waals surface area contributed by atoms with Gasteiger partial charge in [0.2, 0.25) is 5.91 Å². The van der Waals surface area contributed by atoms with Gasteiger partial charge < -0.3 is 5.32 Å². The summed E-state index contributed by atoms with van der Waals surface area (Å²) < 4.78 is 27.6. The van der Waals surface area contributed by atoms with Gasteiger partial charge in [-0.2, -0.15) is 4.31 Å². The van der Waals surface area contributed by atoms with Crippen LogP contribution in [0, 0.1) is 12.8 Å². The summed E-state index contributed by atoms with van der Waals surface area (Å²) in [6, 6.07) is 3.47. The minimum absolute atomic E-state index is 0.119. The fourth-order valence-corrected chi connectivity index (χ4v) is 7.86. The highest BCUT2D eigenvalue weighted by molar-refractivity contribution is 7.91. The van der Waals surface area contributed by atoms with Gasteiger partial charge in [-0.25, -0.2) is 13.4 Å². The number of anilines is 1. The number of thiazole rings is 1. The molecule has 1 amide bonds. The van der Waals surface area contributed by atoms with Gasteiger partial charge in [-0.1, -0.05) is 6.42 Å². The monoisotopic (exact) mass is 439 g/mol. The molecule has 1 aliphatic heterocycles. The van der Waals surface area contributed by atoms with Gasteiger partial charge in [0.1, 0.15) is 4.21 Å². The number of hydrogen-bond donors (Lipinski definition) is 1. The Bertz CT molecular complexity index is 941. The van der Waals surface area contributed by atoms with Gasteiger partial charge >= 0.3 is 0 Å². The van der Waals surface area contributed by atoms with Crippen molar-refractivity contribution in [3.8, 4) is 0 Å². The van der Waals surface area contributed by atoms with Crippen LogP contribution >= 0.6 is 22.7 Å². The van der Waals surface area contributed by atoms with Crippen molar-refractivity contribution in [3.05, 3.63) is 27.6 Å². The first-order chi connectivity index (χ1) is 13.4. The van der Waals surface area contributed by atoms with E-state index in [0.29, 0.717) is 28.7 Å². The van der Waals surface area contributed by atoms with E-state index in [1.165, 1.54) is 33.4 Å². The SMILES string of the molecule is Cc1ccc(S(=O)(=O)N2CCC[C@H](C(=O)Nc3nc4c(s3)CCCCC4)C2)s1. The maximum Gasteiger partial charge on any atom is 0.252 e. The van der Waals surface area contributed by atoms with Crippen LogP contribution < -0.4 is 5.32 Å². The molecule has 9 heteroatoms. The zero-order valence-corrected chi connectivity index (χ0v) is 18.4. The normalized spacial score (nSPS) is 21.1. The van der Waals surface area contributed by atoms with E-state index in [0.717, 1.165) is 29.8 Å². The number of carbonyl (C=O) groups is 1. The second-order valence-corrected chi connectivity index (χ2v) is 12.0. The zero-order valence-electron chi connectivity index (χ0n) is 15.9. The lowest BCUT2D eigenvalue weighted by Gasteiger charge is -2.30. The molecule has 6 nitrogen and oxygen atoms in total. The number of nitrogens with zero attached hydrogens (tertiary/aromatic N) is 2. The van der Waals surface area contributed by atoms with Gasteiger partial charge in [0.05, 0.1) is 11.6 Å². The molecule has 1 aliphatic carbocycles. The van der Waals surface area contributed by atoms with Crippen molar-refractivity contribution in [2.75, 3.05) is 18.4 Å². The predicted octanol–water partition coefficient (Wildman–Crippen LogP) is 3.82. The summed E-state index contributed by atoms with van der Waals surface area (Å²) in [6.45, 7) is 2.59. The molecular weight excluding hydrogens is 414 g/mol. The molecule has 1 saturated heterocycles. The van der Waals surface area contributed by atoms with E-state index < -0.39 is 10.0 Å². The molecule has 4 rings (SSSR count). The Balaban J connectivity index is 1.44. The largest absolute Gasteiger partial charge is 0.302 e. The predicted molar refractivity (Wildman–Crippen MR) is 113 cm³/mol. The van der Waals surface area contributed by atoms with Crippen molar-refractivity contribution in [1.29, 1.82) is 0 Å². The number of amides is 1. The third-order valence-corrected chi connectivity index (χ3v) is 9.80. The summed E-state index contributed by atoms with van der Waals surface area (Å²) in [5.41, 5.74) is 1.12. The quantitative estimate of drug-likeness (QED) is 0.735. The number of carbonyl (C=O) groups excluding carboxylic acids is 1. The number of thiophene rings is 1. The number of aromatic nitrogens is 1. The molecule has 0 aromatic carbocycles. The minimum Gasteiger partial charge on any atom is -0.302 e. The van der Waals surface area contributed by atoms with Gasteiger partial charge in [-0.3, -0.25) is 4.79 Å². The number of piperidine rings is 1. The average molecular weight is 440 g/mol. The number of fused-ring (bicyclic) bond motifs is 1. The number of rotatable bonds is 4. The maximum absolute atomic E-state index is 12.9. The van der Waals surface area contributed by atoms with Crippen molar-refractivity contribution in [1.82, 2.24) is 9.29 Å². The molecule has 2 aromatic rings. The standard InChI is InChI=1S/C19H25N3O3S3/c1-13-9-10-17(26-13)28(24,25)22-11-5-6-14(12-22)18(23)21-19-20-15-7-3-2-4-8-16(15)27-19/h9-10,14H,2-8,11-12H2,1H3,(H,20,21,23)/t14-/m0/s1. The molecule has 0 spiro atoms. The first kappa shape index (κ1) is 20.0. The molecule has 3 heterocycles. The summed E-state index contributed by atoms with van der Waals surface area (Å²) in [6.07, 6.45) is 6.99. The van der Waals surface area contributed by atoms with Crippen molar-refractivity contribution in [2.45, 2.75) is 56.1 Å². The van der Waals surface area contributed by atoms with E-state index in [1.54, 1.807) is 17.4 Å². The van der Waals surface area contributed by atoms with Crippen LogP contribution in [0.1, 0.15) is 47.6 Å². The first-order valence-electron chi connectivity index (χ1n) is 9.79. The summed E-state index contributed by atoms with van der Waals surface area (Å²) in [7, 11) is -3.53. The van der Waals surface area contributed by atoms with Gasteiger partial charge in [0.15, 0.2) is 5.13 Å². The lowest BCUT2D eigenvalue weighted by atomic mass is 9.99. The summed E-state index contributed by atoms with van der Waals surface area (Å²) >= 11 is 2.85. The van der Waals surface area contributed by atoms with E-state index in [9.17, 15) is 13.2 Å². The topological polar surface area (TPSA) is 79.4 Å². The Morgan fingerprint density at radius 1 is 1.18 bits per heavy atom. The van der Waals surface area contributed by atoms with Gasteiger partial charge in [0.25, 0.3) is 10.0 Å². The van der Waals surface area contributed by atoms with Crippen molar-refractivity contribution < 1.29 is 13.2 Å². The summed E-state index contributed by atoms with van der Waals surface area (Å²) in [4.78, 5) is 19.7. The molecule has 0 radical (unpaired) electrons. The molecule has 2 aromatic heterocycles. The number of nitrogens with one attached hydrogen (secondary N) is 1.